The van der Waals surface area contributed by atoms with Crippen LogP contribution in [-0.2, 0) is 17.8 Å². The Morgan fingerprint density at radius 1 is 1.62 bits per heavy atom. The van der Waals surface area contributed by atoms with Crippen molar-refractivity contribution >= 4 is 11.3 Å². The molecule has 0 spiro atoms. The molecule has 0 aliphatic rings. The van der Waals surface area contributed by atoms with Gasteiger partial charge in [-0.15, -0.1) is 11.3 Å². The van der Waals surface area contributed by atoms with Crippen molar-refractivity contribution in [1.29, 1.82) is 5.26 Å². The SMILES string of the molecule is CCCc1nc(COC)sc1C#N. The Balaban J connectivity index is 2.85. The van der Waals surface area contributed by atoms with Crippen molar-refractivity contribution in [3.8, 4) is 6.07 Å². The highest BCUT2D eigenvalue weighted by Crippen LogP contribution is 2.19. The van der Waals surface area contributed by atoms with Crippen molar-refractivity contribution in [2.45, 2.75) is 26.4 Å². The number of nitrogens with zero attached hydrogens (tertiary/aromatic N) is 2. The van der Waals surface area contributed by atoms with E-state index in [0.717, 1.165) is 28.4 Å². The van der Waals surface area contributed by atoms with E-state index in [1.165, 1.54) is 11.3 Å². The summed E-state index contributed by atoms with van der Waals surface area (Å²) in [5.74, 6) is 0. The van der Waals surface area contributed by atoms with Gasteiger partial charge in [-0.2, -0.15) is 5.26 Å². The van der Waals surface area contributed by atoms with E-state index in [1.54, 1.807) is 7.11 Å². The van der Waals surface area contributed by atoms with Gasteiger partial charge >= 0.3 is 0 Å². The van der Waals surface area contributed by atoms with Crippen molar-refractivity contribution in [2.24, 2.45) is 0 Å². The Morgan fingerprint density at radius 3 is 2.92 bits per heavy atom. The number of ether oxygens (including phenoxy) is 1. The summed E-state index contributed by atoms with van der Waals surface area (Å²) in [6.07, 6.45) is 1.90. The molecule has 0 bridgehead atoms. The highest BCUT2D eigenvalue weighted by Gasteiger charge is 2.09. The molecule has 0 aromatic carbocycles. The second-order valence-corrected chi connectivity index (χ2v) is 3.76. The first-order chi connectivity index (χ1) is 6.31. The van der Waals surface area contributed by atoms with Crippen LogP contribution in [0.2, 0.25) is 0 Å². The summed E-state index contributed by atoms with van der Waals surface area (Å²) in [6.45, 7) is 2.58. The summed E-state index contributed by atoms with van der Waals surface area (Å²) in [6, 6.07) is 2.16. The second-order valence-electron chi connectivity index (χ2n) is 2.68. The Labute approximate surface area is 82.0 Å². The number of nitriles is 1. The van der Waals surface area contributed by atoms with Crippen molar-refractivity contribution in [2.75, 3.05) is 7.11 Å². The maximum Gasteiger partial charge on any atom is 0.128 e. The van der Waals surface area contributed by atoms with Crippen LogP contribution in [0.5, 0.6) is 0 Å². The quantitative estimate of drug-likeness (QED) is 0.741. The van der Waals surface area contributed by atoms with Gasteiger partial charge in [0, 0.05) is 7.11 Å². The number of hydrogen-bond donors (Lipinski definition) is 0. The van der Waals surface area contributed by atoms with E-state index in [2.05, 4.69) is 18.0 Å². The van der Waals surface area contributed by atoms with E-state index in [9.17, 15) is 0 Å². The lowest BCUT2D eigenvalue weighted by atomic mass is 10.2. The third kappa shape index (κ3) is 2.51. The summed E-state index contributed by atoms with van der Waals surface area (Å²) in [5, 5.41) is 9.70. The normalized spacial score (nSPS) is 9.92. The van der Waals surface area contributed by atoms with Crippen LogP contribution in [0.25, 0.3) is 0 Å². The van der Waals surface area contributed by atoms with Crippen molar-refractivity contribution in [1.82, 2.24) is 4.98 Å². The van der Waals surface area contributed by atoms with E-state index >= 15 is 0 Å². The summed E-state index contributed by atoms with van der Waals surface area (Å²) in [4.78, 5) is 5.06. The van der Waals surface area contributed by atoms with Gasteiger partial charge in [-0.25, -0.2) is 4.98 Å². The monoisotopic (exact) mass is 196 g/mol. The zero-order valence-electron chi connectivity index (χ0n) is 7.83. The fourth-order valence-corrected chi connectivity index (χ4v) is 1.96. The van der Waals surface area contributed by atoms with Crippen LogP contribution in [-0.4, -0.2) is 12.1 Å². The highest BCUT2D eigenvalue weighted by atomic mass is 32.1. The van der Waals surface area contributed by atoms with Crippen LogP contribution in [0.4, 0.5) is 0 Å². The van der Waals surface area contributed by atoms with Crippen molar-refractivity contribution in [3.63, 3.8) is 0 Å². The van der Waals surface area contributed by atoms with E-state index < -0.39 is 0 Å². The minimum Gasteiger partial charge on any atom is -0.378 e. The topological polar surface area (TPSA) is 45.9 Å². The molecule has 0 atom stereocenters. The molecule has 1 aromatic rings. The summed E-state index contributed by atoms with van der Waals surface area (Å²) < 4.78 is 4.96. The minimum atomic E-state index is 0.503. The molecule has 1 heterocycles. The zero-order chi connectivity index (χ0) is 9.68. The zero-order valence-corrected chi connectivity index (χ0v) is 8.65. The Kier molecular flexibility index (Phi) is 3.87. The predicted molar refractivity (Wildman–Crippen MR) is 51.5 cm³/mol. The Bertz CT molecular complexity index is 314. The van der Waals surface area contributed by atoms with Gasteiger partial charge in [0.2, 0.25) is 0 Å². The maximum absolute atomic E-state index is 8.81. The van der Waals surface area contributed by atoms with Gasteiger partial charge in [-0.1, -0.05) is 13.3 Å². The van der Waals surface area contributed by atoms with E-state index in [-0.39, 0.29) is 0 Å². The first-order valence-electron chi connectivity index (χ1n) is 4.19. The third-order valence-electron chi connectivity index (χ3n) is 1.60. The standard InChI is InChI=1S/C9H12N2OS/c1-3-4-7-8(5-10)13-9(11-7)6-12-2/h3-4,6H2,1-2H3. The minimum absolute atomic E-state index is 0.503. The summed E-state index contributed by atoms with van der Waals surface area (Å²) in [5.41, 5.74) is 0.919. The fourth-order valence-electron chi connectivity index (χ4n) is 1.08. The van der Waals surface area contributed by atoms with Gasteiger partial charge in [0.05, 0.1) is 12.3 Å². The van der Waals surface area contributed by atoms with E-state index in [0.29, 0.717) is 6.61 Å². The molecular weight excluding hydrogens is 184 g/mol. The Morgan fingerprint density at radius 2 is 2.38 bits per heavy atom. The van der Waals surface area contributed by atoms with Gasteiger partial charge in [0.25, 0.3) is 0 Å². The Hall–Kier alpha value is -0.920. The average molecular weight is 196 g/mol. The number of thiazole rings is 1. The summed E-state index contributed by atoms with van der Waals surface area (Å²) in [7, 11) is 1.63. The van der Waals surface area contributed by atoms with Crippen LogP contribution in [0, 0.1) is 11.3 Å². The number of hydrogen-bond acceptors (Lipinski definition) is 4. The third-order valence-corrected chi connectivity index (χ3v) is 2.57. The average Bonchev–Trinajstić information content (AvgIpc) is 2.49. The molecule has 0 saturated carbocycles. The molecular formula is C9H12N2OS. The number of rotatable bonds is 4. The largest absolute Gasteiger partial charge is 0.378 e. The second kappa shape index (κ2) is 4.95. The highest BCUT2D eigenvalue weighted by molar-refractivity contribution is 7.12. The molecule has 0 radical (unpaired) electrons. The van der Waals surface area contributed by atoms with Crippen molar-refractivity contribution < 1.29 is 4.74 Å². The molecule has 3 nitrogen and oxygen atoms in total. The number of aryl methyl sites for hydroxylation is 1. The molecule has 0 unspecified atom stereocenters. The molecule has 4 heteroatoms. The van der Waals surface area contributed by atoms with Crippen LogP contribution >= 0.6 is 11.3 Å². The van der Waals surface area contributed by atoms with E-state index in [1.807, 2.05) is 0 Å². The molecule has 0 amide bonds. The van der Waals surface area contributed by atoms with Gasteiger partial charge < -0.3 is 4.74 Å². The molecule has 0 fully saturated rings. The number of methoxy groups -OCH3 is 1. The van der Waals surface area contributed by atoms with Crippen LogP contribution in [0.15, 0.2) is 0 Å². The molecule has 1 rings (SSSR count). The van der Waals surface area contributed by atoms with Gasteiger partial charge in [0.15, 0.2) is 0 Å². The van der Waals surface area contributed by atoms with Crippen LogP contribution < -0.4 is 0 Å². The van der Waals surface area contributed by atoms with Crippen LogP contribution in [0.3, 0.4) is 0 Å². The molecule has 70 valence electrons. The lowest BCUT2D eigenvalue weighted by Gasteiger charge is -1.91. The predicted octanol–water partition coefficient (Wildman–Crippen LogP) is 2.11. The molecule has 1 aromatic heterocycles. The molecule has 0 aliphatic heterocycles. The van der Waals surface area contributed by atoms with E-state index in [4.69, 9.17) is 10.00 Å². The molecule has 13 heavy (non-hydrogen) atoms. The van der Waals surface area contributed by atoms with Gasteiger partial charge in [-0.05, 0) is 6.42 Å². The summed E-state index contributed by atoms with van der Waals surface area (Å²) >= 11 is 1.43. The maximum atomic E-state index is 8.81. The lowest BCUT2D eigenvalue weighted by molar-refractivity contribution is 0.184. The van der Waals surface area contributed by atoms with Crippen LogP contribution in [0.1, 0.15) is 28.9 Å². The van der Waals surface area contributed by atoms with Gasteiger partial charge in [-0.3, -0.25) is 0 Å². The van der Waals surface area contributed by atoms with Crippen molar-refractivity contribution in [3.05, 3.63) is 15.6 Å². The molecule has 0 N–H and O–H groups in total. The molecule has 0 aliphatic carbocycles. The first kappa shape index (κ1) is 10.2. The number of aromatic nitrogens is 1. The molecule has 0 saturated heterocycles. The smallest absolute Gasteiger partial charge is 0.128 e. The fraction of sp³-hybridized carbons (Fsp3) is 0.556. The van der Waals surface area contributed by atoms with Gasteiger partial charge in [0.1, 0.15) is 16.0 Å². The first-order valence-corrected chi connectivity index (χ1v) is 5.01. The lowest BCUT2D eigenvalue weighted by Crippen LogP contribution is -1.89.